The van der Waals surface area contributed by atoms with E-state index in [1.54, 1.807) is 0 Å². The number of hydrogen-bond acceptors (Lipinski definition) is 1. The van der Waals surface area contributed by atoms with Gasteiger partial charge in [0.25, 0.3) is 0 Å². The highest BCUT2D eigenvalue weighted by molar-refractivity contribution is 5.28. The number of nitrogens with one attached hydrogen (secondary N) is 1. The molecule has 1 aliphatic rings. The normalized spacial score (nSPS) is 23.0. The molecule has 0 radical (unpaired) electrons. The zero-order chi connectivity index (χ0) is 13.3. The molecule has 98 valence electrons. The number of dihydropyridines is 1. The van der Waals surface area contributed by atoms with Gasteiger partial charge < -0.3 is 5.32 Å². The van der Waals surface area contributed by atoms with Gasteiger partial charge in [-0.15, -0.1) is 0 Å². The molecule has 0 saturated heterocycles. The quantitative estimate of drug-likeness (QED) is 0.742. The van der Waals surface area contributed by atoms with Crippen LogP contribution in [-0.4, -0.2) is 6.04 Å². The summed E-state index contributed by atoms with van der Waals surface area (Å²) in [6, 6.07) is 0.458. The van der Waals surface area contributed by atoms with Gasteiger partial charge in [0.05, 0.1) is 0 Å². The molecular weight excluding hydrogens is 206 g/mol. The fraction of sp³-hybridized carbons (Fsp3) is 0.750. The van der Waals surface area contributed by atoms with Gasteiger partial charge in [0.1, 0.15) is 0 Å². The Labute approximate surface area is 107 Å². The minimum Gasteiger partial charge on any atom is -0.385 e. The Bertz CT molecular complexity index is 309. The Morgan fingerprint density at radius 1 is 1.18 bits per heavy atom. The van der Waals surface area contributed by atoms with Crippen LogP contribution in [-0.2, 0) is 0 Å². The van der Waals surface area contributed by atoms with E-state index < -0.39 is 0 Å². The largest absolute Gasteiger partial charge is 0.385 e. The van der Waals surface area contributed by atoms with Crippen LogP contribution in [0.4, 0.5) is 0 Å². The average Bonchev–Trinajstić information content (AvgIpc) is 2.11. The summed E-state index contributed by atoms with van der Waals surface area (Å²) < 4.78 is 0. The molecule has 1 aliphatic heterocycles. The van der Waals surface area contributed by atoms with E-state index in [0.717, 1.165) is 0 Å². The van der Waals surface area contributed by atoms with Gasteiger partial charge in [0, 0.05) is 6.04 Å². The standard InChI is InChI=1S/C16H29N/c1-12-10-13(8-9-17-12)14(16(5,6)7)11-15(2,3)4/h8-10,12,14,17H,11H2,1-7H3. The van der Waals surface area contributed by atoms with Crippen LogP contribution in [0.5, 0.6) is 0 Å². The van der Waals surface area contributed by atoms with Crippen LogP contribution in [0.15, 0.2) is 23.9 Å². The van der Waals surface area contributed by atoms with Gasteiger partial charge in [0.15, 0.2) is 0 Å². The highest BCUT2D eigenvalue weighted by Gasteiger charge is 2.31. The summed E-state index contributed by atoms with van der Waals surface area (Å²) in [4.78, 5) is 0. The number of allylic oxidation sites excluding steroid dienone is 2. The van der Waals surface area contributed by atoms with E-state index in [2.05, 4.69) is 72.1 Å². The first kappa shape index (κ1) is 14.3. The fourth-order valence-electron chi connectivity index (χ4n) is 2.46. The molecule has 0 aromatic rings. The van der Waals surface area contributed by atoms with Gasteiger partial charge in [-0.2, -0.15) is 0 Å². The Hall–Kier alpha value is -0.720. The van der Waals surface area contributed by atoms with Crippen LogP contribution >= 0.6 is 0 Å². The number of rotatable bonds is 2. The summed E-state index contributed by atoms with van der Waals surface area (Å²) in [6.45, 7) is 16.3. The second-order valence-corrected chi connectivity index (χ2v) is 7.64. The van der Waals surface area contributed by atoms with Crippen molar-refractivity contribution >= 4 is 0 Å². The van der Waals surface area contributed by atoms with Crippen LogP contribution in [0.25, 0.3) is 0 Å². The highest BCUT2D eigenvalue weighted by Crippen LogP contribution is 2.41. The average molecular weight is 235 g/mol. The predicted octanol–water partition coefficient (Wildman–Crippen LogP) is 4.52. The van der Waals surface area contributed by atoms with Gasteiger partial charge >= 0.3 is 0 Å². The van der Waals surface area contributed by atoms with Crippen molar-refractivity contribution < 1.29 is 0 Å². The lowest BCUT2D eigenvalue weighted by atomic mass is 9.68. The zero-order valence-electron chi connectivity index (χ0n) is 12.6. The SMILES string of the molecule is CC1C=C(C(CC(C)(C)C)C(C)(C)C)C=CN1. The minimum absolute atomic E-state index is 0.320. The third kappa shape index (κ3) is 4.57. The van der Waals surface area contributed by atoms with Crippen molar-refractivity contribution in [3.63, 3.8) is 0 Å². The predicted molar refractivity (Wildman–Crippen MR) is 76.8 cm³/mol. The Balaban J connectivity index is 2.95. The maximum atomic E-state index is 3.32. The molecule has 1 heterocycles. The van der Waals surface area contributed by atoms with E-state index in [4.69, 9.17) is 0 Å². The van der Waals surface area contributed by atoms with Crippen molar-refractivity contribution in [3.8, 4) is 0 Å². The first-order valence-corrected chi connectivity index (χ1v) is 6.74. The lowest BCUT2D eigenvalue weighted by Gasteiger charge is -2.37. The van der Waals surface area contributed by atoms with Crippen LogP contribution in [0.3, 0.4) is 0 Å². The van der Waals surface area contributed by atoms with Crippen molar-refractivity contribution in [3.05, 3.63) is 23.9 Å². The Morgan fingerprint density at radius 3 is 2.18 bits per heavy atom. The molecule has 0 spiro atoms. The maximum Gasteiger partial charge on any atom is 0.0416 e. The molecule has 17 heavy (non-hydrogen) atoms. The molecule has 0 aromatic heterocycles. The summed E-state index contributed by atoms with van der Waals surface area (Å²) >= 11 is 0. The van der Waals surface area contributed by atoms with Crippen LogP contribution in [0.1, 0.15) is 54.9 Å². The maximum absolute atomic E-state index is 3.32. The summed E-state index contributed by atoms with van der Waals surface area (Å²) in [5.74, 6) is 0.628. The first-order valence-electron chi connectivity index (χ1n) is 6.74. The third-order valence-electron chi connectivity index (χ3n) is 3.34. The third-order valence-corrected chi connectivity index (χ3v) is 3.34. The van der Waals surface area contributed by atoms with Crippen molar-refractivity contribution in [1.29, 1.82) is 0 Å². The van der Waals surface area contributed by atoms with Crippen molar-refractivity contribution in [1.82, 2.24) is 5.32 Å². The molecule has 1 rings (SSSR count). The monoisotopic (exact) mass is 235 g/mol. The summed E-state index contributed by atoms with van der Waals surface area (Å²) in [6.07, 6.45) is 7.96. The van der Waals surface area contributed by atoms with E-state index in [1.165, 1.54) is 12.0 Å². The summed E-state index contributed by atoms with van der Waals surface area (Å²) in [7, 11) is 0. The lowest BCUT2D eigenvalue weighted by molar-refractivity contribution is 0.198. The Morgan fingerprint density at radius 2 is 1.76 bits per heavy atom. The summed E-state index contributed by atoms with van der Waals surface area (Å²) in [5.41, 5.74) is 2.19. The van der Waals surface area contributed by atoms with Gasteiger partial charge in [-0.05, 0) is 47.9 Å². The molecule has 0 bridgehead atoms. The molecule has 1 heteroatoms. The van der Waals surface area contributed by atoms with E-state index in [0.29, 0.717) is 22.8 Å². The van der Waals surface area contributed by atoms with Crippen molar-refractivity contribution in [2.24, 2.45) is 16.7 Å². The smallest absolute Gasteiger partial charge is 0.0416 e. The minimum atomic E-state index is 0.320. The molecule has 0 fully saturated rings. The molecular formula is C16H29N. The fourth-order valence-corrected chi connectivity index (χ4v) is 2.46. The first-order chi connectivity index (χ1) is 7.59. The molecule has 1 nitrogen and oxygen atoms in total. The van der Waals surface area contributed by atoms with E-state index in [-0.39, 0.29) is 0 Å². The highest BCUT2D eigenvalue weighted by atomic mass is 14.9. The van der Waals surface area contributed by atoms with Crippen molar-refractivity contribution in [2.45, 2.75) is 60.9 Å². The van der Waals surface area contributed by atoms with Crippen LogP contribution in [0, 0.1) is 16.7 Å². The summed E-state index contributed by atoms with van der Waals surface area (Å²) in [5, 5.41) is 3.32. The van der Waals surface area contributed by atoms with E-state index >= 15 is 0 Å². The van der Waals surface area contributed by atoms with Crippen molar-refractivity contribution in [2.75, 3.05) is 0 Å². The molecule has 0 aliphatic carbocycles. The zero-order valence-corrected chi connectivity index (χ0v) is 12.6. The lowest BCUT2D eigenvalue weighted by Crippen LogP contribution is -2.30. The topological polar surface area (TPSA) is 12.0 Å². The van der Waals surface area contributed by atoms with Gasteiger partial charge in [-0.25, -0.2) is 0 Å². The van der Waals surface area contributed by atoms with Gasteiger partial charge in [-0.1, -0.05) is 47.6 Å². The van der Waals surface area contributed by atoms with Crippen LogP contribution in [0.2, 0.25) is 0 Å². The molecule has 2 unspecified atom stereocenters. The van der Waals surface area contributed by atoms with Gasteiger partial charge in [0.2, 0.25) is 0 Å². The number of hydrogen-bond donors (Lipinski definition) is 1. The molecule has 1 N–H and O–H groups in total. The molecule has 0 saturated carbocycles. The molecule has 2 atom stereocenters. The van der Waals surface area contributed by atoms with E-state index in [9.17, 15) is 0 Å². The second-order valence-electron chi connectivity index (χ2n) is 7.64. The molecule has 0 aromatic carbocycles. The Kier molecular flexibility index (Phi) is 4.11. The van der Waals surface area contributed by atoms with Crippen LogP contribution < -0.4 is 5.32 Å². The van der Waals surface area contributed by atoms with E-state index in [1.807, 2.05) is 0 Å². The second kappa shape index (κ2) is 4.88. The van der Waals surface area contributed by atoms with Gasteiger partial charge in [-0.3, -0.25) is 0 Å². The molecule has 0 amide bonds.